The largest absolute Gasteiger partial charge is 0.329 e. The van der Waals surface area contributed by atoms with Crippen LogP contribution in [0.4, 0.5) is 4.39 Å². The maximum Gasteiger partial charge on any atom is 0.170 e. The fraction of sp³-hybridized carbons (Fsp3) is 0.462. The smallest absolute Gasteiger partial charge is 0.170 e. The highest BCUT2D eigenvalue weighted by Crippen LogP contribution is 2.42. The summed E-state index contributed by atoms with van der Waals surface area (Å²) in [7, 11) is 0. The first-order valence-corrected chi connectivity index (χ1v) is 5.60. The molecular weight excluding hydrogens is 205 g/mol. The van der Waals surface area contributed by atoms with Crippen molar-refractivity contribution in [1.29, 1.82) is 0 Å². The first-order chi connectivity index (χ1) is 7.59. The Bertz CT molecular complexity index is 418. The summed E-state index contributed by atoms with van der Waals surface area (Å²) in [5.74, 6) is -0.322. The van der Waals surface area contributed by atoms with E-state index in [1.165, 1.54) is 6.07 Å². The Morgan fingerprint density at radius 3 is 2.62 bits per heavy atom. The molecule has 1 saturated carbocycles. The van der Waals surface area contributed by atoms with Gasteiger partial charge in [-0.2, -0.15) is 0 Å². The van der Waals surface area contributed by atoms with Crippen LogP contribution < -0.4 is 5.73 Å². The third kappa shape index (κ3) is 1.65. The lowest BCUT2D eigenvalue weighted by Crippen LogP contribution is -2.44. The minimum absolute atomic E-state index is 0.000139. The molecule has 3 heteroatoms. The van der Waals surface area contributed by atoms with Crippen LogP contribution in [-0.2, 0) is 0 Å². The van der Waals surface area contributed by atoms with Crippen LogP contribution in [0, 0.1) is 18.2 Å². The Labute approximate surface area is 94.6 Å². The number of carbonyl (C=O) groups is 1. The minimum Gasteiger partial charge on any atom is -0.329 e. The molecule has 2 N–H and O–H groups in total. The quantitative estimate of drug-likeness (QED) is 0.797. The summed E-state index contributed by atoms with van der Waals surface area (Å²) >= 11 is 0. The van der Waals surface area contributed by atoms with E-state index in [1.807, 2.05) is 0 Å². The number of aryl methyl sites for hydroxylation is 1. The molecule has 0 heterocycles. The van der Waals surface area contributed by atoms with Crippen LogP contribution in [0.25, 0.3) is 0 Å². The van der Waals surface area contributed by atoms with E-state index in [1.54, 1.807) is 19.1 Å². The Morgan fingerprint density at radius 1 is 1.50 bits per heavy atom. The average molecular weight is 221 g/mol. The highest BCUT2D eigenvalue weighted by molar-refractivity contribution is 6.01. The third-order valence-corrected chi connectivity index (χ3v) is 3.62. The van der Waals surface area contributed by atoms with E-state index < -0.39 is 5.41 Å². The zero-order valence-electron chi connectivity index (χ0n) is 9.42. The molecule has 0 aromatic heterocycles. The van der Waals surface area contributed by atoms with Crippen molar-refractivity contribution in [3.05, 3.63) is 35.1 Å². The normalized spacial score (nSPS) is 17.9. The molecule has 1 aliphatic carbocycles. The standard InChI is InChI=1S/C13H16FNO/c1-9-3-4-10(7-11(9)14)12(16)13(8-15)5-2-6-13/h3-4,7H,2,5-6,8,15H2,1H3. The topological polar surface area (TPSA) is 43.1 Å². The van der Waals surface area contributed by atoms with E-state index in [0.717, 1.165) is 19.3 Å². The van der Waals surface area contributed by atoms with Gasteiger partial charge in [0.2, 0.25) is 0 Å². The molecule has 0 aliphatic heterocycles. The summed E-state index contributed by atoms with van der Waals surface area (Å²) in [4.78, 5) is 12.2. The number of Topliss-reactive ketones (excluding diaryl/α,β-unsaturated/α-hetero) is 1. The zero-order chi connectivity index (χ0) is 11.8. The maximum atomic E-state index is 13.4. The lowest BCUT2D eigenvalue weighted by molar-refractivity contribution is 0.0635. The highest BCUT2D eigenvalue weighted by atomic mass is 19.1. The fourth-order valence-corrected chi connectivity index (χ4v) is 2.17. The number of carbonyl (C=O) groups excluding carboxylic acids is 1. The molecule has 0 atom stereocenters. The predicted molar refractivity (Wildman–Crippen MR) is 60.8 cm³/mol. The Hall–Kier alpha value is -1.22. The van der Waals surface area contributed by atoms with E-state index in [2.05, 4.69) is 0 Å². The number of rotatable bonds is 3. The molecule has 0 unspecified atom stereocenters. The van der Waals surface area contributed by atoms with Gasteiger partial charge in [0.15, 0.2) is 5.78 Å². The predicted octanol–water partition coefficient (Wildman–Crippen LogP) is 2.45. The van der Waals surface area contributed by atoms with Gasteiger partial charge in [-0.05, 0) is 31.4 Å². The Balaban J connectivity index is 2.30. The van der Waals surface area contributed by atoms with Crippen LogP contribution in [-0.4, -0.2) is 12.3 Å². The van der Waals surface area contributed by atoms with Crippen LogP contribution in [0.15, 0.2) is 18.2 Å². The van der Waals surface area contributed by atoms with Gasteiger partial charge < -0.3 is 5.73 Å². The lowest BCUT2D eigenvalue weighted by Gasteiger charge is -2.39. The molecule has 0 saturated heterocycles. The van der Waals surface area contributed by atoms with Crippen LogP contribution in [0.3, 0.4) is 0 Å². The molecule has 1 aliphatic rings. The molecule has 1 aromatic rings. The number of halogens is 1. The molecule has 86 valence electrons. The van der Waals surface area contributed by atoms with Crippen LogP contribution >= 0.6 is 0 Å². The Morgan fingerprint density at radius 2 is 2.19 bits per heavy atom. The van der Waals surface area contributed by atoms with Crippen molar-refractivity contribution in [3.8, 4) is 0 Å². The van der Waals surface area contributed by atoms with Gasteiger partial charge in [-0.15, -0.1) is 0 Å². The molecule has 0 radical (unpaired) electrons. The monoisotopic (exact) mass is 221 g/mol. The third-order valence-electron chi connectivity index (χ3n) is 3.62. The second-order valence-electron chi connectivity index (χ2n) is 4.63. The first-order valence-electron chi connectivity index (χ1n) is 5.60. The van der Waals surface area contributed by atoms with Crippen molar-refractivity contribution in [2.75, 3.05) is 6.54 Å². The van der Waals surface area contributed by atoms with Gasteiger partial charge in [-0.25, -0.2) is 4.39 Å². The second kappa shape index (κ2) is 3.98. The van der Waals surface area contributed by atoms with Crippen molar-refractivity contribution >= 4 is 5.78 Å². The van der Waals surface area contributed by atoms with Crippen LogP contribution in [0.2, 0.25) is 0 Å². The van der Waals surface area contributed by atoms with Gasteiger partial charge in [0, 0.05) is 17.5 Å². The van der Waals surface area contributed by atoms with E-state index in [9.17, 15) is 9.18 Å². The van der Waals surface area contributed by atoms with Crippen LogP contribution in [0.5, 0.6) is 0 Å². The first kappa shape index (κ1) is 11.3. The van der Waals surface area contributed by atoms with Gasteiger partial charge in [0.1, 0.15) is 5.82 Å². The molecule has 2 rings (SSSR count). The zero-order valence-corrected chi connectivity index (χ0v) is 9.42. The SMILES string of the molecule is Cc1ccc(C(=O)C2(CN)CCC2)cc1F. The fourth-order valence-electron chi connectivity index (χ4n) is 2.17. The summed E-state index contributed by atoms with van der Waals surface area (Å²) in [5, 5.41) is 0. The highest BCUT2D eigenvalue weighted by Gasteiger charge is 2.42. The number of hydrogen-bond acceptors (Lipinski definition) is 2. The molecule has 1 fully saturated rings. The van der Waals surface area contributed by atoms with Gasteiger partial charge in [0.25, 0.3) is 0 Å². The van der Waals surface area contributed by atoms with E-state index in [0.29, 0.717) is 17.7 Å². The number of ketones is 1. The van der Waals surface area contributed by atoms with Crippen molar-refractivity contribution in [3.63, 3.8) is 0 Å². The average Bonchev–Trinajstić information content (AvgIpc) is 2.21. The van der Waals surface area contributed by atoms with Gasteiger partial charge in [-0.3, -0.25) is 4.79 Å². The van der Waals surface area contributed by atoms with Gasteiger partial charge in [-0.1, -0.05) is 18.6 Å². The van der Waals surface area contributed by atoms with Crippen molar-refractivity contribution in [2.24, 2.45) is 11.1 Å². The van der Waals surface area contributed by atoms with Gasteiger partial charge in [0.05, 0.1) is 0 Å². The number of hydrogen-bond donors (Lipinski definition) is 1. The molecular formula is C13H16FNO. The summed E-state index contributed by atoms with van der Waals surface area (Å²) in [6.45, 7) is 2.05. The summed E-state index contributed by atoms with van der Waals surface area (Å²) in [6, 6.07) is 4.66. The maximum absolute atomic E-state index is 13.4. The second-order valence-corrected chi connectivity index (χ2v) is 4.63. The summed E-state index contributed by atoms with van der Waals surface area (Å²) < 4.78 is 13.4. The summed E-state index contributed by atoms with van der Waals surface area (Å²) in [5.41, 5.74) is 6.26. The number of nitrogens with two attached hydrogens (primary N) is 1. The van der Waals surface area contributed by atoms with E-state index >= 15 is 0 Å². The molecule has 0 amide bonds. The molecule has 0 spiro atoms. The van der Waals surface area contributed by atoms with E-state index in [-0.39, 0.29) is 11.6 Å². The number of benzene rings is 1. The lowest BCUT2D eigenvalue weighted by atomic mass is 9.64. The minimum atomic E-state index is -0.415. The molecule has 0 bridgehead atoms. The van der Waals surface area contributed by atoms with Crippen molar-refractivity contribution < 1.29 is 9.18 Å². The summed E-state index contributed by atoms with van der Waals surface area (Å²) in [6.07, 6.45) is 2.70. The molecule has 1 aromatic carbocycles. The van der Waals surface area contributed by atoms with Crippen molar-refractivity contribution in [1.82, 2.24) is 0 Å². The Kier molecular flexibility index (Phi) is 2.80. The van der Waals surface area contributed by atoms with Crippen molar-refractivity contribution in [2.45, 2.75) is 26.2 Å². The van der Waals surface area contributed by atoms with Gasteiger partial charge >= 0.3 is 0 Å². The molecule has 16 heavy (non-hydrogen) atoms. The molecule has 2 nitrogen and oxygen atoms in total. The van der Waals surface area contributed by atoms with E-state index in [4.69, 9.17) is 5.73 Å². The van der Waals surface area contributed by atoms with Crippen LogP contribution in [0.1, 0.15) is 35.2 Å².